The lowest BCUT2D eigenvalue weighted by Gasteiger charge is -2.14. The minimum Gasteiger partial charge on any atom is -0.618 e. The Balaban J connectivity index is 0.000000218. The lowest BCUT2D eigenvalue weighted by atomic mass is 10.0. The molecule has 298 valence electrons. The molecule has 6 aromatic rings. The third-order valence-corrected chi connectivity index (χ3v) is 7.78. The van der Waals surface area contributed by atoms with Crippen molar-refractivity contribution >= 4 is 11.4 Å². The summed E-state index contributed by atoms with van der Waals surface area (Å²) in [6, 6.07) is 4.56. The molecule has 0 fully saturated rings. The van der Waals surface area contributed by atoms with E-state index < -0.39 is 102 Å². The van der Waals surface area contributed by atoms with Crippen LogP contribution in [-0.4, -0.2) is 50.7 Å². The Morgan fingerprint density at radius 1 is 0.632 bits per heavy atom. The maximum atomic E-state index is 13.5. The van der Waals surface area contributed by atoms with Crippen LogP contribution >= 0.6 is 0 Å². The van der Waals surface area contributed by atoms with E-state index in [9.17, 15) is 77.4 Å². The summed E-state index contributed by atoms with van der Waals surface area (Å²) in [6.45, 7) is 3.53. The maximum absolute atomic E-state index is 13.5. The zero-order valence-electron chi connectivity index (χ0n) is 28.4. The molecule has 4 heterocycles. The molecule has 26 heteroatoms. The molecular weight excluding hydrogens is 790 g/mol. The van der Waals surface area contributed by atoms with Gasteiger partial charge < -0.3 is 39.7 Å². The Bertz CT molecular complexity index is 2590. The molecule has 0 unspecified atom stereocenters. The van der Waals surface area contributed by atoms with Gasteiger partial charge >= 0.3 is 23.7 Å². The summed E-state index contributed by atoms with van der Waals surface area (Å²) in [7, 11) is 0. The minimum atomic E-state index is -4.83. The van der Waals surface area contributed by atoms with Crippen molar-refractivity contribution in [3.05, 3.63) is 101 Å². The molecular formula is C31H20F6N8O12. The van der Waals surface area contributed by atoms with Crippen LogP contribution in [0.4, 0.5) is 37.7 Å². The number of phenols is 4. The zero-order valence-corrected chi connectivity index (χ0v) is 28.4. The van der Waals surface area contributed by atoms with Gasteiger partial charge in [0.15, 0.2) is 29.1 Å². The number of nitrogens with zero attached hydrogens (tertiary/aromatic N) is 8. The Morgan fingerprint density at radius 2 is 1.05 bits per heavy atom. The van der Waals surface area contributed by atoms with Crippen LogP contribution in [0.1, 0.15) is 28.2 Å². The van der Waals surface area contributed by atoms with Crippen molar-refractivity contribution in [3.8, 4) is 68.8 Å². The first-order valence-corrected chi connectivity index (χ1v) is 15.1. The lowest BCUT2D eigenvalue weighted by Crippen LogP contribution is -2.35. The fourth-order valence-corrected chi connectivity index (χ4v) is 5.06. The van der Waals surface area contributed by atoms with Gasteiger partial charge in [0.25, 0.3) is 11.8 Å². The quantitative estimate of drug-likeness (QED) is 0.0393. The number of benzene rings is 2. The number of hydrogen-bond donors (Lipinski definition) is 4. The normalized spacial score (nSPS) is 11.6. The van der Waals surface area contributed by atoms with E-state index in [0.717, 1.165) is 31.2 Å². The maximum Gasteiger partial charge on any atom is 0.417 e. The van der Waals surface area contributed by atoms with Crippen molar-refractivity contribution in [2.75, 3.05) is 0 Å². The predicted octanol–water partition coefficient (Wildman–Crippen LogP) is 5.68. The zero-order chi connectivity index (χ0) is 42.5. The van der Waals surface area contributed by atoms with E-state index in [1.165, 1.54) is 13.8 Å². The largest absolute Gasteiger partial charge is 0.618 e. The van der Waals surface area contributed by atoms with Gasteiger partial charge in [0, 0.05) is 56.2 Å². The molecule has 20 nitrogen and oxygen atoms in total. The topological polar surface area (TPSA) is 299 Å². The van der Waals surface area contributed by atoms with E-state index in [1.807, 2.05) is 0 Å². The van der Waals surface area contributed by atoms with Crippen molar-refractivity contribution in [1.82, 2.24) is 20.4 Å². The summed E-state index contributed by atoms with van der Waals surface area (Å²) in [6.07, 6.45) is -9.03. The Morgan fingerprint density at radius 3 is 1.51 bits per heavy atom. The molecule has 0 amide bonds. The molecule has 2 aromatic carbocycles. The van der Waals surface area contributed by atoms with E-state index in [4.69, 9.17) is 8.83 Å². The van der Waals surface area contributed by atoms with E-state index in [1.54, 1.807) is 0 Å². The van der Waals surface area contributed by atoms with Gasteiger partial charge in [-0.3, -0.25) is 20.2 Å². The second kappa shape index (κ2) is 14.5. The Hall–Kier alpha value is -7.80. The number of rotatable bonds is 6. The third-order valence-electron chi connectivity index (χ3n) is 7.78. The van der Waals surface area contributed by atoms with Gasteiger partial charge in [0.2, 0.25) is 29.0 Å². The fraction of sp³-hybridized carbons (Fsp3) is 0.161. The molecule has 0 spiro atoms. The van der Waals surface area contributed by atoms with Crippen molar-refractivity contribution in [3.63, 3.8) is 0 Å². The summed E-state index contributed by atoms with van der Waals surface area (Å²) in [5, 5.41) is 97.9. The van der Waals surface area contributed by atoms with Gasteiger partial charge in [-0.2, -0.15) is 35.8 Å². The Kier molecular flexibility index (Phi) is 10.2. The number of aryl methyl sites for hydroxylation is 2. The third kappa shape index (κ3) is 7.89. The van der Waals surface area contributed by atoms with Crippen LogP contribution in [0.15, 0.2) is 51.4 Å². The lowest BCUT2D eigenvalue weighted by molar-refractivity contribution is -0.618. The molecule has 57 heavy (non-hydrogen) atoms. The second-order valence-electron chi connectivity index (χ2n) is 11.6. The highest BCUT2D eigenvalue weighted by molar-refractivity contribution is 5.70. The summed E-state index contributed by atoms with van der Waals surface area (Å²) in [4.78, 5) is 19.9. The minimum absolute atomic E-state index is 0.186. The SMILES string of the molecule is Cc1cc(C(F)(F)F)c(-c2nnc(-c3cc(O)c(O)c([N+](=O)[O-])c3)o2)c(C)[n+]1[O-].Cc1cc(C(F)(F)F)c(-c2nnc(-c3cc(O)c(O)c([N+](=O)[O-])c3)o2)c[n+]1[O-]. The second-order valence-corrected chi connectivity index (χ2v) is 11.6. The van der Waals surface area contributed by atoms with E-state index in [0.29, 0.717) is 18.3 Å². The first-order valence-electron chi connectivity index (χ1n) is 15.1. The van der Waals surface area contributed by atoms with Crippen LogP contribution in [0.2, 0.25) is 0 Å². The van der Waals surface area contributed by atoms with Crippen LogP contribution in [-0.2, 0) is 12.4 Å². The molecule has 4 aromatic heterocycles. The van der Waals surface area contributed by atoms with Gasteiger partial charge in [0.05, 0.1) is 21.0 Å². The summed E-state index contributed by atoms with van der Waals surface area (Å²) >= 11 is 0. The van der Waals surface area contributed by atoms with Gasteiger partial charge in [-0.15, -0.1) is 20.4 Å². The summed E-state index contributed by atoms with van der Waals surface area (Å²) < 4.78 is 91.0. The first-order chi connectivity index (χ1) is 26.4. The van der Waals surface area contributed by atoms with Crippen LogP contribution in [0.5, 0.6) is 23.0 Å². The van der Waals surface area contributed by atoms with Gasteiger partial charge in [-0.05, 0) is 12.1 Å². The molecule has 0 atom stereocenters. The molecule has 6 rings (SSSR count). The van der Waals surface area contributed by atoms with Crippen molar-refractivity contribution in [1.29, 1.82) is 0 Å². The molecule has 4 N–H and O–H groups in total. The molecule has 0 aliphatic rings. The van der Waals surface area contributed by atoms with Crippen molar-refractivity contribution in [2.24, 2.45) is 0 Å². The molecule has 0 radical (unpaired) electrons. The number of phenolic OH excluding ortho intramolecular Hbond substituents is 4. The molecule has 0 aliphatic carbocycles. The van der Waals surface area contributed by atoms with Gasteiger partial charge in [0.1, 0.15) is 11.1 Å². The first kappa shape index (κ1) is 40.4. The van der Waals surface area contributed by atoms with Crippen LogP contribution in [0, 0.1) is 51.4 Å². The highest BCUT2D eigenvalue weighted by Gasteiger charge is 2.40. The van der Waals surface area contributed by atoms with Crippen LogP contribution in [0.25, 0.3) is 45.8 Å². The average molecular weight is 811 g/mol. The van der Waals surface area contributed by atoms with Crippen LogP contribution < -0.4 is 9.46 Å². The highest BCUT2D eigenvalue weighted by Crippen LogP contribution is 2.43. The van der Waals surface area contributed by atoms with Crippen molar-refractivity contribution in [2.45, 2.75) is 33.1 Å². The summed E-state index contributed by atoms with van der Waals surface area (Å²) in [5.41, 5.74) is -6.65. The number of nitro benzene ring substituents is 2. The fourth-order valence-electron chi connectivity index (χ4n) is 5.06. The number of aromatic hydroxyl groups is 4. The summed E-state index contributed by atoms with van der Waals surface area (Å²) in [5.74, 6) is -5.99. The average Bonchev–Trinajstić information content (AvgIpc) is 3.81. The highest BCUT2D eigenvalue weighted by atomic mass is 19.4. The molecule has 0 aliphatic heterocycles. The van der Waals surface area contributed by atoms with E-state index >= 15 is 0 Å². The van der Waals surface area contributed by atoms with Gasteiger partial charge in [-0.1, -0.05) is 0 Å². The standard InChI is InChI=1S/C16H11F3N4O6.C15H9F3N4O6/c1-6-3-9(16(17,18)19)12(7(2)22(6)26)15-21-20-14(29-15)8-4-10(23(27)28)13(25)11(24)5-8;1-6-2-9(15(16,17)18)8(5-21(6)25)14-20-19-13(28-14)7-3-10(22(26)27)12(24)11(23)4-7/h3-5,24-25H,1-2H3;2-5,23-24H,1H3. The molecule has 0 saturated heterocycles. The monoisotopic (exact) mass is 810 g/mol. The predicted molar refractivity (Wildman–Crippen MR) is 172 cm³/mol. The van der Waals surface area contributed by atoms with E-state index in [-0.39, 0.29) is 37.7 Å². The number of aromatic nitrogens is 6. The number of alkyl halides is 6. The number of pyridine rings is 2. The Labute approximate surface area is 310 Å². The number of hydrogen-bond acceptors (Lipinski definition) is 16. The smallest absolute Gasteiger partial charge is 0.417 e. The number of halogens is 6. The van der Waals surface area contributed by atoms with Crippen LogP contribution in [0.3, 0.4) is 0 Å². The number of nitro groups is 2. The van der Waals surface area contributed by atoms with Gasteiger partial charge in [-0.25, -0.2) is 0 Å². The van der Waals surface area contributed by atoms with E-state index in [2.05, 4.69) is 20.4 Å². The van der Waals surface area contributed by atoms with Crippen molar-refractivity contribution < 1.29 is 74.9 Å². The molecule has 0 saturated carbocycles. The molecule has 0 bridgehead atoms.